The van der Waals surface area contributed by atoms with Gasteiger partial charge in [0.1, 0.15) is 12.4 Å². The van der Waals surface area contributed by atoms with Gasteiger partial charge in [0.2, 0.25) is 0 Å². The standard InChI is InChI=1S/C22H27N3O2/c1-17-3-6-19(7-4-17)27-15-22(26)9-2-11-25(12-10-22)14-18-5-8-20-21(13-18)24-16-23-20/h3-8,13,16,26H,2,9-12,14-15H2,1H3,(H,23,24). The fourth-order valence-corrected chi connectivity index (χ4v) is 3.73. The van der Waals surface area contributed by atoms with Crippen molar-refractivity contribution in [3.63, 3.8) is 0 Å². The molecule has 0 aliphatic carbocycles. The highest BCUT2D eigenvalue weighted by Gasteiger charge is 2.31. The van der Waals surface area contributed by atoms with Gasteiger partial charge in [-0.15, -0.1) is 0 Å². The Balaban J connectivity index is 1.34. The molecular formula is C22H27N3O2. The molecule has 3 aromatic rings. The van der Waals surface area contributed by atoms with Crippen LogP contribution in [0.15, 0.2) is 48.8 Å². The Morgan fingerprint density at radius 1 is 1.15 bits per heavy atom. The van der Waals surface area contributed by atoms with Crippen LogP contribution in [-0.2, 0) is 6.54 Å². The minimum Gasteiger partial charge on any atom is -0.491 e. The molecule has 1 atom stereocenters. The summed E-state index contributed by atoms with van der Waals surface area (Å²) in [5.74, 6) is 0.822. The number of likely N-dealkylation sites (tertiary alicyclic amines) is 1. The van der Waals surface area contributed by atoms with Gasteiger partial charge in [-0.1, -0.05) is 23.8 Å². The van der Waals surface area contributed by atoms with Gasteiger partial charge in [-0.2, -0.15) is 0 Å². The van der Waals surface area contributed by atoms with E-state index < -0.39 is 5.60 Å². The summed E-state index contributed by atoms with van der Waals surface area (Å²) in [5, 5.41) is 11.0. The van der Waals surface area contributed by atoms with Crippen molar-refractivity contribution in [3.8, 4) is 5.75 Å². The Bertz CT molecular complexity index is 890. The van der Waals surface area contributed by atoms with Crippen LogP contribution in [0, 0.1) is 6.92 Å². The van der Waals surface area contributed by atoms with E-state index in [0.29, 0.717) is 6.61 Å². The summed E-state index contributed by atoms with van der Waals surface area (Å²) >= 11 is 0. The number of aliphatic hydroxyl groups is 1. The van der Waals surface area contributed by atoms with Crippen LogP contribution in [0.3, 0.4) is 0 Å². The van der Waals surface area contributed by atoms with E-state index in [1.54, 1.807) is 6.33 Å². The summed E-state index contributed by atoms with van der Waals surface area (Å²) in [6.45, 7) is 5.16. The molecule has 1 fully saturated rings. The van der Waals surface area contributed by atoms with Crippen molar-refractivity contribution < 1.29 is 9.84 Å². The molecule has 2 heterocycles. The van der Waals surface area contributed by atoms with Crippen LogP contribution >= 0.6 is 0 Å². The first-order chi connectivity index (χ1) is 13.1. The maximum atomic E-state index is 11.0. The number of hydrogen-bond donors (Lipinski definition) is 2. The Kier molecular flexibility index (Phi) is 5.14. The zero-order valence-electron chi connectivity index (χ0n) is 15.8. The lowest BCUT2D eigenvalue weighted by molar-refractivity contribution is -0.0168. The number of nitrogens with one attached hydrogen (secondary N) is 1. The fraction of sp³-hybridized carbons (Fsp3) is 0.409. The second kappa shape index (κ2) is 7.71. The predicted octanol–water partition coefficient (Wildman–Crippen LogP) is 3.67. The zero-order chi connectivity index (χ0) is 18.7. The number of hydrogen-bond acceptors (Lipinski definition) is 4. The quantitative estimate of drug-likeness (QED) is 0.724. The highest BCUT2D eigenvalue weighted by molar-refractivity contribution is 5.74. The average Bonchev–Trinajstić information content (AvgIpc) is 3.05. The third-order valence-corrected chi connectivity index (χ3v) is 5.43. The van der Waals surface area contributed by atoms with Crippen molar-refractivity contribution in [2.75, 3.05) is 19.7 Å². The van der Waals surface area contributed by atoms with Crippen LogP contribution in [0.5, 0.6) is 5.75 Å². The molecule has 1 unspecified atom stereocenters. The van der Waals surface area contributed by atoms with Gasteiger partial charge in [-0.25, -0.2) is 4.98 Å². The molecule has 1 aromatic heterocycles. The van der Waals surface area contributed by atoms with Crippen LogP contribution in [-0.4, -0.2) is 45.3 Å². The summed E-state index contributed by atoms with van der Waals surface area (Å²) in [7, 11) is 0. The highest BCUT2D eigenvalue weighted by atomic mass is 16.5. The average molecular weight is 365 g/mol. The molecule has 2 aromatic carbocycles. The first-order valence-corrected chi connectivity index (χ1v) is 9.66. The van der Waals surface area contributed by atoms with E-state index in [9.17, 15) is 5.11 Å². The lowest BCUT2D eigenvalue weighted by Crippen LogP contribution is -2.37. The first-order valence-electron chi connectivity index (χ1n) is 9.66. The van der Waals surface area contributed by atoms with Crippen molar-refractivity contribution >= 4 is 11.0 Å². The van der Waals surface area contributed by atoms with E-state index in [2.05, 4.69) is 40.0 Å². The van der Waals surface area contributed by atoms with E-state index in [4.69, 9.17) is 4.74 Å². The van der Waals surface area contributed by atoms with Crippen LogP contribution in [0.2, 0.25) is 0 Å². The smallest absolute Gasteiger partial charge is 0.119 e. The molecule has 1 aliphatic rings. The molecular weight excluding hydrogens is 338 g/mol. The van der Waals surface area contributed by atoms with Crippen LogP contribution < -0.4 is 4.74 Å². The molecule has 0 spiro atoms. The Hall–Kier alpha value is -2.37. The number of aryl methyl sites for hydroxylation is 1. The van der Waals surface area contributed by atoms with Crippen molar-refractivity contribution in [3.05, 3.63) is 59.9 Å². The van der Waals surface area contributed by atoms with Gasteiger partial charge in [0.05, 0.1) is 23.0 Å². The van der Waals surface area contributed by atoms with Gasteiger partial charge in [0.15, 0.2) is 0 Å². The van der Waals surface area contributed by atoms with Crippen molar-refractivity contribution in [1.82, 2.24) is 14.9 Å². The number of fused-ring (bicyclic) bond motifs is 1. The number of rotatable bonds is 5. The molecule has 4 rings (SSSR count). The van der Waals surface area contributed by atoms with E-state index in [-0.39, 0.29) is 0 Å². The zero-order valence-corrected chi connectivity index (χ0v) is 15.8. The summed E-state index contributed by atoms with van der Waals surface area (Å²) in [5.41, 5.74) is 3.79. The third-order valence-electron chi connectivity index (χ3n) is 5.43. The van der Waals surface area contributed by atoms with Gasteiger partial charge in [-0.3, -0.25) is 4.90 Å². The Morgan fingerprint density at radius 3 is 2.85 bits per heavy atom. The highest BCUT2D eigenvalue weighted by Crippen LogP contribution is 2.25. The van der Waals surface area contributed by atoms with E-state index in [0.717, 1.165) is 55.7 Å². The van der Waals surface area contributed by atoms with Crippen molar-refractivity contribution in [2.24, 2.45) is 0 Å². The minimum atomic E-state index is -0.757. The Labute approximate surface area is 160 Å². The number of ether oxygens (including phenoxy) is 1. The molecule has 0 amide bonds. The number of aromatic nitrogens is 2. The monoisotopic (exact) mass is 365 g/mol. The number of nitrogens with zero attached hydrogens (tertiary/aromatic N) is 2. The maximum absolute atomic E-state index is 11.0. The summed E-state index contributed by atoms with van der Waals surface area (Å²) in [6.07, 6.45) is 4.20. The molecule has 27 heavy (non-hydrogen) atoms. The Morgan fingerprint density at radius 2 is 2.00 bits per heavy atom. The lowest BCUT2D eigenvalue weighted by Gasteiger charge is -2.27. The molecule has 5 heteroatoms. The van der Waals surface area contributed by atoms with Crippen molar-refractivity contribution in [2.45, 2.75) is 38.3 Å². The number of imidazole rings is 1. The van der Waals surface area contributed by atoms with E-state index in [1.807, 2.05) is 24.3 Å². The van der Waals surface area contributed by atoms with Gasteiger partial charge >= 0.3 is 0 Å². The van der Waals surface area contributed by atoms with Gasteiger partial charge < -0.3 is 14.8 Å². The maximum Gasteiger partial charge on any atom is 0.119 e. The number of benzene rings is 2. The van der Waals surface area contributed by atoms with Gasteiger partial charge in [0.25, 0.3) is 0 Å². The molecule has 142 valence electrons. The van der Waals surface area contributed by atoms with Crippen molar-refractivity contribution in [1.29, 1.82) is 0 Å². The SMILES string of the molecule is Cc1ccc(OCC2(O)CCCN(Cc3ccc4nc[nH]c4c3)CC2)cc1. The summed E-state index contributed by atoms with van der Waals surface area (Å²) in [4.78, 5) is 9.86. The van der Waals surface area contributed by atoms with Gasteiger partial charge in [0, 0.05) is 13.1 Å². The molecule has 2 N–H and O–H groups in total. The van der Waals surface area contributed by atoms with Crippen LogP contribution in [0.25, 0.3) is 11.0 Å². The topological polar surface area (TPSA) is 61.4 Å². The molecule has 0 saturated carbocycles. The molecule has 5 nitrogen and oxygen atoms in total. The van der Waals surface area contributed by atoms with E-state index in [1.165, 1.54) is 11.1 Å². The first kappa shape index (κ1) is 18.0. The molecule has 0 radical (unpaired) electrons. The normalized spacial score (nSPS) is 21.3. The number of aromatic amines is 1. The predicted molar refractivity (Wildman–Crippen MR) is 107 cm³/mol. The third kappa shape index (κ3) is 4.49. The lowest BCUT2D eigenvalue weighted by atomic mass is 9.96. The fourth-order valence-electron chi connectivity index (χ4n) is 3.73. The van der Waals surface area contributed by atoms with E-state index >= 15 is 0 Å². The largest absolute Gasteiger partial charge is 0.491 e. The van der Waals surface area contributed by atoms with Crippen LogP contribution in [0.4, 0.5) is 0 Å². The summed E-state index contributed by atoms with van der Waals surface area (Å²) in [6, 6.07) is 14.4. The minimum absolute atomic E-state index is 0.351. The number of H-pyrrole nitrogens is 1. The van der Waals surface area contributed by atoms with Crippen LogP contribution in [0.1, 0.15) is 30.4 Å². The second-order valence-corrected chi connectivity index (χ2v) is 7.71. The molecule has 1 aliphatic heterocycles. The van der Waals surface area contributed by atoms with Gasteiger partial charge in [-0.05, 0) is 62.6 Å². The molecule has 1 saturated heterocycles. The molecule has 0 bridgehead atoms. The second-order valence-electron chi connectivity index (χ2n) is 7.71. The summed E-state index contributed by atoms with van der Waals surface area (Å²) < 4.78 is 5.87.